The lowest BCUT2D eigenvalue weighted by Gasteiger charge is -2.38. The largest absolute Gasteiger partial charge is 0.495 e. The zero-order valence-corrected chi connectivity index (χ0v) is 18.4. The average molecular weight is 422 g/mol. The van der Waals surface area contributed by atoms with Crippen molar-refractivity contribution in [1.82, 2.24) is 15.1 Å². The van der Waals surface area contributed by atoms with Crippen molar-refractivity contribution >= 4 is 17.6 Å². The summed E-state index contributed by atoms with van der Waals surface area (Å²) < 4.78 is 5.51. The van der Waals surface area contributed by atoms with Crippen LogP contribution in [0.2, 0.25) is 0 Å². The van der Waals surface area contributed by atoms with Crippen LogP contribution in [0.4, 0.5) is 5.69 Å². The number of amides is 1. The van der Waals surface area contributed by atoms with E-state index in [1.165, 1.54) is 11.1 Å². The number of guanidine groups is 1. The SMILES string of the molecule is CN=C(NCC(=O)N1CCc2ccccc2C1)N1CCN(c2ccccc2OC)CC1. The van der Waals surface area contributed by atoms with Gasteiger partial charge < -0.3 is 24.8 Å². The van der Waals surface area contributed by atoms with Gasteiger partial charge in [0.15, 0.2) is 5.96 Å². The first-order valence-corrected chi connectivity index (χ1v) is 10.9. The second-order valence-corrected chi connectivity index (χ2v) is 7.88. The number of methoxy groups -OCH3 is 1. The smallest absolute Gasteiger partial charge is 0.242 e. The molecule has 0 radical (unpaired) electrons. The summed E-state index contributed by atoms with van der Waals surface area (Å²) in [5.74, 6) is 1.79. The van der Waals surface area contributed by atoms with Gasteiger partial charge in [-0.15, -0.1) is 0 Å². The van der Waals surface area contributed by atoms with Crippen molar-refractivity contribution in [3.8, 4) is 5.75 Å². The maximum atomic E-state index is 12.8. The third kappa shape index (κ3) is 4.76. The summed E-state index contributed by atoms with van der Waals surface area (Å²) in [5, 5.41) is 3.28. The molecule has 0 saturated carbocycles. The second-order valence-electron chi connectivity index (χ2n) is 7.88. The number of hydrogen-bond donors (Lipinski definition) is 1. The molecule has 4 rings (SSSR count). The Morgan fingerprint density at radius 2 is 1.68 bits per heavy atom. The third-order valence-corrected chi connectivity index (χ3v) is 6.10. The normalized spacial score (nSPS) is 16.7. The number of fused-ring (bicyclic) bond motifs is 1. The molecule has 2 aliphatic heterocycles. The zero-order valence-electron chi connectivity index (χ0n) is 18.4. The molecule has 0 bridgehead atoms. The Balaban J connectivity index is 1.29. The molecule has 2 aromatic carbocycles. The Labute approximate surface area is 184 Å². The van der Waals surface area contributed by atoms with Gasteiger partial charge in [-0.3, -0.25) is 9.79 Å². The highest BCUT2D eigenvalue weighted by molar-refractivity contribution is 5.86. The van der Waals surface area contributed by atoms with E-state index < -0.39 is 0 Å². The summed E-state index contributed by atoms with van der Waals surface area (Å²) in [7, 11) is 3.48. The van der Waals surface area contributed by atoms with Crippen LogP contribution in [0.15, 0.2) is 53.5 Å². The Morgan fingerprint density at radius 1 is 0.968 bits per heavy atom. The van der Waals surface area contributed by atoms with Gasteiger partial charge >= 0.3 is 0 Å². The first-order valence-electron chi connectivity index (χ1n) is 10.9. The molecule has 0 aliphatic carbocycles. The van der Waals surface area contributed by atoms with Crippen molar-refractivity contribution < 1.29 is 9.53 Å². The van der Waals surface area contributed by atoms with Crippen molar-refractivity contribution in [2.75, 3.05) is 58.3 Å². The lowest BCUT2D eigenvalue weighted by Crippen LogP contribution is -2.54. The Morgan fingerprint density at radius 3 is 2.42 bits per heavy atom. The summed E-state index contributed by atoms with van der Waals surface area (Å²) in [6.45, 7) is 5.14. The molecule has 0 aromatic heterocycles. The molecule has 1 amide bonds. The van der Waals surface area contributed by atoms with Gasteiger partial charge in [0.1, 0.15) is 5.75 Å². The maximum absolute atomic E-state index is 12.8. The number of rotatable bonds is 4. The number of benzene rings is 2. The zero-order chi connectivity index (χ0) is 21.6. The summed E-state index contributed by atoms with van der Waals surface area (Å²) in [6.07, 6.45) is 0.918. The van der Waals surface area contributed by atoms with E-state index >= 15 is 0 Å². The lowest BCUT2D eigenvalue weighted by molar-refractivity contribution is -0.130. The number of anilines is 1. The minimum atomic E-state index is 0.114. The highest BCUT2D eigenvalue weighted by atomic mass is 16.5. The summed E-state index contributed by atoms with van der Waals surface area (Å²) >= 11 is 0. The minimum absolute atomic E-state index is 0.114. The molecular weight excluding hydrogens is 390 g/mol. The summed E-state index contributed by atoms with van der Waals surface area (Å²) in [4.78, 5) is 23.7. The summed E-state index contributed by atoms with van der Waals surface area (Å²) in [6, 6.07) is 16.5. The molecule has 0 atom stereocenters. The molecule has 1 saturated heterocycles. The molecular formula is C24H31N5O2. The highest BCUT2D eigenvalue weighted by Gasteiger charge is 2.24. The number of hydrogen-bond acceptors (Lipinski definition) is 4. The molecule has 2 aliphatic rings. The Hall–Kier alpha value is -3.22. The highest BCUT2D eigenvalue weighted by Crippen LogP contribution is 2.28. The van der Waals surface area contributed by atoms with Crippen molar-refractivity contribution in [3.05, 3.63) is 59.7 Å². The van der Waals surface area contributed by atoms with E-state index in [2.05, 4.69) is 44.4 Å². The van der Waals surface area contributed by atoms with Gasteiger partial charge in [0, 0.05) is 46.3 Å². The van der Waals surface area contributed by atoms with Crippen LogP contribution in [0.5, 0.6) is 5.75 Å². The van der Waals surface area contributed by atoms with Gasteiger partial charge in [0.25, 0.3) is 0 Å². The third-order valence-electron chi connectivity index (χ3n) is 6.10. The fraction of sp³-hybridized carbons (Fsp3) is 0.417. The molecule has 7 nitrogen and oxygen atoms in total. The topological polar surface area (TPSA) is 60.4 Å². The van der Waals surface area contributed by atoms with Crippen LogP contribution in [0.25, 0.3) is 0 Å². The van der Waals surface area contributed by atoms with Crippen LogP contribution in [-0.4, -0.2) is 75.1 Å². The van der Waals surface area contributed by atoms with E-state index in [-0.39, 0.29) is 12.5 Å². The Bertz CT molecular complexity index is 937. The van der Waals surface area contributed by atoms with Crippen LogP contribution in [0, 0.1) is 0 Å². The number of para-hydroxylation sites is 2. The minimum Gasteiger partial charge on any atom is -0.495 e. The molecule has 2 heterocycles. The Kier molecular flexibility index (Phi) is 6.60. The molecule has 0 spiro atoms. The van der Waals surface area contributed by atoms with Gasteiger partial charge in [-0.1, -0.05) is 36.4 Å². The predicted octanol–water partition coefficient (Wildman–Crippen LogP) is 1.98. The van der Waals surface area contributed by atoms with Crippen LogP contribution >= 0.6 is 0 Å². The van der Waals surface area contributed by atoms with Gasteiger partial charge in [0.2, 0.25) is 5.91 Å². The molecule has 164 valence electrons. The first kappa shape index (κ1) is 21.0. The number of carbonyl (C=O) groups is 1. The second kappa shape index (κ2) is 9.73. The molecule has 1 N–H and O–H groups in total. The summed E-state index contributed by atoms with van der Waals surface area (Å²) in [5.41, 5.74) is 3.72. The molecule has 1 fully saturated rings. The molecule has 0 unspecified atom stereocenters. The standard InChI is InChI=1S/C24H31N5O2/c1-25-24(26-17-23(30)29-12-11-19-7-3-4-8-20(19)18-29)28-15-13-27(14-16-28)21-9-5-6-10-22(21)31-2/h3-10H,11-18H2,1-2H3,(H,25,26). The molecule has 7 heteroatoms. The van der Waals surface area contributed by atoms with E-state index in [0.29, 0.717) is 6.54 Å². The quantitative estimate of drug-likeness (QED) is 0.604. The van der Waals surface area contributed by atoms with Crippen molar-refractivity contribution in [1.29, 1.82) is 0 Å². The predicted molar refractivity (Wildman–Crippen MR) is 124 cm³/mol. The van der Waals surface area contributed by atoms with Gasteiger partial charge in [-0.25, -0.2) is 0 Å². The van der Waals surface area contributed by atoms with Crippen LogP contribution in [0.3, 0.4) is 0 Å². The van der Waals surface area contributed by atoms with Crippen molar-refractivity contribution in [2.24, 2.45) is 4.99 Å². The van der Waals surface area contributed by atoms with E-state index in [1.54, 1.807) is 14.2 Å². The van der Waals surface area contributed by atoms with Crippen molar-refractivity contribution in [2.45, 2.75) is 13.0 Å². The van der Waals surface area contributed by atoms with Gasteiger partial charge in [-0.05, 0) is 29.7 Å². The van der Waals surface area contributed by atoms with Crippen LogP contribution in [0.1, 0.15) is 11.1 Å². The number of nitrogens with zero attached hydrogens (tertiary/aromatic N) is 4. The van der Waals surface area contributed by atoms with Crippen molar-refractivity contribution in [3.63, 3.8) is 0 Å². The van der Waals surface area contributed by atoms with Gasteiger partial charge in [-0.2, -0.15) is 0 Å². The van der Waals surface area contributed by atoms with E-state index in [0.717, 1.165) is 56.5 Å². The number of piperazine rings is 1. The average Bonchev–Trinajstić information content (AvgIpc) is 2.84. The van der Waals surface area contributed by atoms with E-state index in [9.17, 15) is 4.79 Å². The maximum Gasteiger partial charge on any atom is 0.242 e. The van der Waals surface area contributed by atoms with Crippen LogP contribution in [-0.2, 0) is 17.8 Å². The lowest BCUT2D eigenvalue weighted by atomic mass is 10.00. The number of ether oxygens (including phenoxy) is 1. The van der Waals surface area contributed by atoms with Gasteiger partial charge in [0.05, 0.1) is 19.3 Å². The van der Waals surface area contributed by atoms with E-state index in [4.69, 9.17) is 4.74 Å². The number of nitrogens with one attached hydrogen (secondary N) is 1. The number of aliphatic imine (C=N–C) groups is 1. The number of carbonyl (C=O) groups excluding carboxylic acids is 1. The van der Waals surface area contributed by atoms with E-state index in [1.807, 2.05) is 29.2 Å². The fourth-order valence-corrected chi connectivity index (χ4v) is 4.36. The van der Waals surface area contributed by atoms with Crippen LogP contribution < -0.4 is 15.0 Å². The molecule has 2 aromatic rings. The first-order chi connectivity index (χ1) is 15.2. The monoisotopic (exact) mass is 421 g/mol. The molecule has 31 heavy (non-hydrogen) atoms. The fourth-order valence-electron chi connectivity index (χ4n) is 4.36.